The SMILES string of the molecule is CO[C@@H]1O[C@@H](CO)[C@@H](OC2OC(CO)C(O[C@@H]3O[C@@H](CO)[C@@H](C)C(O)C3N)[C@H](O)C2N)C(O)C1N. The molecule has 8 unspecified atom stereocenters. The topological polar surface area (TPSA) is 255 Å². The highest BCUT2D eigenvalue weighted by atomic mass is 16.7. The van der Waals surface area contributed by atoms with E-state index in [1.165, 1.54) is 7.11 Å². The normalized spacial score (nSPS) is 51.3. The van der Waals surface area contributed by atoms with Crippen LogP contribution in [-0.4, -0.2) is 143 Å². The van der Waals surface area contributed by atoms with Gasteiger partial charge in [-0.1, -0.05) is 6.92 Å². The molecule has 3 saturated heterocycles. The zero-order valence-electron chi connectivity index (χ0n) is 19.6. The smallest absolute Gasteiger partial charge is 0.176 e. The van der Waals surface area contributed by atoms with E-state index < -0.39 is 112 Å². The van der Waals surface area contributed by atoms with Gasteiger partial charge in [-0.05, 0) is 0 Å². The largest absolute Gasteiger partial charge is 0.394 e. The molecular formula is C20H39N3O12. The second-order valence-corrected chi connectivity index (χ2v) is 9.18. The molecule has 15 heteroatoms. The highest BCUT2D eigenvalue weighted by Crippen LogP contribution is 2.32. The Kier molecular flexibility index (Phi) is 10.2. The summed E-state index contributed by atoms with van der Waals surface area (Å²) in [5, 5.41) is 61.0. The number of rotatable bonds is 8. The van der Waals surface area contributed by atoms with E-state index in [1.807, 2.05) is 0 Å². The fourth-order valence-electron chi connectivity index (χ4n) is 4.61. The Bertz CT molecular complexity index is 661. The molecule has 0 aliphatic carbocycles. The lowest BCUT2D eigenvalue weighted by molar-refractivity contribution is -0.347. The Morgan fingerprint density at radius 1 is 0.629 bits per heavy atom. The summed E-state index contributed by atoms with van der Waals surface area (Å²) in [5.74, 6) is -0.469. The monoisotopic (exact) mass is 513 g/mol. The number of ether oxygens (including phenoxy) is 6. The van der Waals surface area contributed by atoms with Gasteiger partial charge in [0.2, 0.25) is 0 Å². The van der Waals surface area contributed by atoms with E-state index in [1.54, 1.807) is 6.92 Å². The fourth-order valence-corrected chi connectivity index (χ4v) is 4.61. The first-order valence-electron chi connectivity index (χ1n) is 11.5. The van der Waals surface area contributed by atoms with E-state index in [-0.39, 0.29) is 0 Å². The Morgan fingerprint density at radius 3 is 1.43 bits per heavy atom. The minimum Gasteiger partial charge on any atom is -0.394 e. The molecule has 35 heavy (non-hydrogen) atoms. The third kappa shape index (κ3) is 5.79. The molecule has 206 valence electrons. The van der Waals surface area contributed by atoms with Crippen LogP contribution in [0.5, 0.6) is 0 Å². The Morgan fingerprint density at radius 2 is 1.00 bits per heavy atom. The van der Waals surface area contributed by atoms with Gasteiger partial charge in [0.25, 0.3) is 0 Å². The maximum atomic E-state index is 10.9. The van der Waals surface area contributed by atoms with Crippen LogP contribution in [-0.2, 0) is 28.4 Å². The van der Waals surface area contributed by atoms with Crippen LogP contribution in [0.3, 0.4) is 0 Å². The van der Waals surface area contributed by atoms with E-state index in [0.29, 0.717) is 0 Å². The number of nitrogens with two attached hydrogens (primary N) is 3. The number of methoxy groups -OCH3 is 1. The van der Waals surface area contributed by atoms with E-state index in [2.05, 4.69) is 0 Å². The number of aliphatic hydroxyl groups is 6. The van der Waals surface area contributed by atoms with Gasteiger partial charge in [0.15, 0.2) is 18.9 Å². The highest BCUT2D eigenvalue weighted by Gasteiger charge is 2.52. The zero-order chi connectivity index (χ0) is 26.0. The molecule has 0 aromatic rings. The van der Waals surface area contributed by atoms with Crippen molar-refractivity contribution in [2.24, 2.45) is 23.1 Å². The molecule has 15 nitrogen and oxygen atoms in total. The van der Waals surface area contributed by atoms with Gasteiger partial charge in [0.05, 0.1) is 50.2 Å². The minimum absolute atomic E-state index is 0.392. The van der Waals surface area contributed by atoms with Crippen molar-refractivity contribution in [3.8, 4) is 0 Å². The first-order chi connectivity index (χ1) is 16.6. The van der Waals surface area contributed by atoms with Crippen molar-refractivity contribution in [3.05, 3.63) is 0 Å². The molecule has 15 atom stereocenters. The van der Waals surface area contributed by atoms with Crippen molar-refractivity contribution in [3.63, 3.8) is 0 Å². The highest BCUT2D eigenvalue weighted by molar-refractivity contribution is 4.98. The van der Waals surface area contributed by atoms with Crippen LogP contribution in [0.25, 0.3) is 0 Å². The molecule has 0 spiro atoms. The lowest BCUT2D eigenvalue weighted by Crippen LogP contribution is -2.69. The van der Waals surface area contributed by atoms with Gasteiger partial charge in [-0.15, -0.1) is 0 Å². The van der Waals surface area contributed by atoms with Gasteiger partial charge in [0.1, 0.15) is 36.6 Å². The quantitative estimate of drug-likeness (QED) is 0.146. The van der Waals surface area contributed by atoms with E-state index in [0.717, 1.165) is 0 Å². The Labute approximate surface area is 202 Å². The number of hydrogen-bond donors (Lipinski definition) is 9. The van der Waals surface area contributed by atoms with Crippen LogP contribution in [0.4, 0.5) is 0 Å². The Hall–Kier alpha value is -0.600. The first kappa shape index (κ1) is 29.0. The summed E-state index contributed by atoms with van der Waals surface area (Å²) in [4.78, 5) is 0. The van der Waals surface area contributed by atoms with Crippen molar-refractivity contribution < 1.29 is 59.1 Å². The third-order valence-corrected chi connectivity index (χ3v) is 6.94. The van der Waals surface area contributed by atoms with Crippen LogP contribution in [0, 0.1) is 5.92 Å². The van der Waals surface area contributed by atoms with Crippen LogP contribution < -0.4 is 17.2 Å². The van der Waals surface area contributed by atoms with E-state index in [4.69, 9.17) is 45.6 Å². The number of aliphatic hydroxyl groups excluding tert-OH is 6. The van der Waals surface area contributed by atoms with Crippen LogP contribution in [0.1, 0.15) is 6.92 Å². The van der Waals surface area contributed by atoms with Crippen molar-refractivity contribution >= 4 is 0 Å². The summed E-state index contributed by atoms with van der Waals surface area (Å²) in [7, 11) is 1.33. The van der Waals surface area contributed by atoms with Crippen LogP contribution in [0.2, 0.25) is 0 Å². The predicted molar refractivity (Wildman–Crippen MR) is 115 cm³/mol. The van der Waals surface area contributed by atoms with Gasteiger partial charge in [-0.2, -0.15) is 0 Å². The van der Waals surface area contributed by atoms with Crippen LogP contribution >= 0.6 is 0 Å². The second-order valence-electron chi connectivity index (χ2n) is 9.18. The molecule has 0 radical (unpaired) electrons. The molecule has 3 aliphatic heterocycles. The molecule has 3 rings (SSSR count). The molecule has 3 fully saturated rings. The molecule has 0 bridgehead atoms. The lowest BCUT2D eigenvalue weighted by atomic mass is 9.89. The number of hydrogen-bond acceptors (Lipinski definition) is 15. The summed E-state index contributed by atoms with van der Waals surface area (Å²) in [6, 6.07) is -3.27. The second kappa shape index (κ2) is 12.3. The van der Waals surface area contributed by atoms with Crippen molar-refractivity contribution in [2.75, 3.05) is 26.9 Å². The third-order valence-electron chi connectivity index (χ3n) is 6.94. The van der Waals surface area contributed by atoms with Gasteiger partial charge in [-0.3, -0.25) is 0 Å². The lowest BCUT2D eigenvalue weighted by Gasteiger charge is -2.49. The average Bonchev–Trinajstić information content (AvgIpc) is 2.86. The fraction of sp³-hybridized carbons (Fsp3) is 1.00. The first-order valence-corrected chi connectivity index (χ1v) is 11.5. The van der Waals surface area contributed by atoms with E-state index >= 15 is 0 Å². The molecular weight excluding hydrogens is 474 g/mol. The van der Waals surface area contributed by atoms with Crippen molar-refractivity contribution in [2.45, 2.75) is 92.8 Å². The molecule has 3 aliphatic rings. The van der Waals surface area contributed by atoms with Crippen molar-refractivity contribution in [1.82, 2.24) is 0 Å². The maximum Gasteiger partial charge on any atom is 0.176 e. The Balaban J connectivity index is 1.72. The predicted octanol–water partition coefficient (Wildman–Crippen LogP) is -5.74. The zero-order valence-corrected chi connectivity index (χ0v) is 19.6. The van der Waals surface area contributed by atoms with Crippen LogP contribution in [0.15, 0.2) is 0 Å². The van der Waals surface area contributed by atoms with Crippen molar-refractivity contribution in [1.29, 1.82) is 0 Å². The molecule has 0 saturated carbocycles. The molecule has 3 heterocycles. The van der Waals surface area contributed by atoms with Gasteiger partial charge >= 0.3 is 0 Å². The van der Waals surface area contributed by atoms with Gasteiger partial charge < -0.3 is 76.3 Å². The summed E-state index contributed by atoms with van der Waals surface area (Å²) in [6.07, 6.45) is -12.9. The van der Waals surface area contributed by atoms with Gasteiger partial charge in [-0.25, -0.2) is 0 Å². The van der Waals surface area contributed by atoms with Gasteiger partial charge in [0, 0.05) is 13.0 Å². The average molecular weight is 514 g/mol. The maximum absolute atomic E-state index is 10.9. The summed E-state index contributed by atoms with van der Waals surface area (Å²) < 4.78 is 33.5. The molecule has 0 aromatic carbocycles. The summed E-state index contributed by atoms with van der Waals surface area (Å²) in [6.45, 7) is 0.102. The molecule has 12 N–H and O–H groups in total. The van der Waals surface area contributed by atoms with E-state index in [9.17, 15) is 30.6 Å². The molecule has 0 amide bonds. The standard InChI is InChI=1S/C20H39N3O12/c1-6-7(3-24)31-19(10(21)13(6)27)34-17-9(5-26)33-20(12(23)15(17)29)35-16-8(4-25)32-18(30-2)11(22)14(16)28/h6-20,24-29H,3-5,21-23H2,1-2H3/t6-,7+,8+,9?,10?,11?,12?,13?,14?,15-,16-,17?,18-,19+,20?/m1/s1. The minimum atomic E-state index is -1.47. The summed E-state index contributed by atoms with van der Waals surface area (Å²) >= 11 is 0. The summed E-state index contributed by atoms with van der Waals surface area (Å²) in [5.41, 5.74) is 18.1. The molecule has 0 aromatic heterocycles.